The zero-order valence-electron chi connectivity index (χ0n) is 12.9. The number of hydrogen-bond donors (Lipinski definition) is 1. The van der Waals surface area contributed by atoms with Crippen LogP contribution in [0.25, 0.3) is 0 Å². The van der Waals surface area contributed by atoms with Crippen molar-refractivity contribution in [2.24, 2.45) is 5.92 Å². The first-order chi connectivity index (χ1) is 9.65. The van der Waals surface area contributed by atoms with E-state index in [1.165, 1.54) is 12.8 Å². The summed E-state index contributed by atoms with van der Waals surface area (Å²) in [6.07, 6.45) is 3.63. The average Bonchev–Trinajstić information content (AvgIpc) is 3.28. The highest BCUT2D eigenvalue weighted by atomic mass is 16.5. The lowest BCUT2D eigenvalue weighted by molar-refractivity contribution is 0.311. The number of nitrogens with zero attached hydrogens (tertiary/aromatic N) is 4. The highest BCUT2D eigenvalue weighted by Gasteiger charge is 2.31. The standard InChI is InChI=1S/C14H25N5O/c1-5-9-15-12-16-13(18-14(17-12)20-6-2)19(4)10(3)11-7-8-11/h10-11H,5-9H2,1-4H3,(H,15,16,17,18). The lowest BCUT2D eigenvalue weighted by atomic mass is 10.2. The number of aromatic nitrogens is 3. The molecule has 1 saturated carbocycles. The second-order valence-electron chi connectivity index (χ2n) is 5.29. The molecule has 2 rings (SSSR count). The van der Waals surface area contributed by atoms with Crippen LogP contribution in [0, 0.1) is 5.92 Å². The minimum Gasteiger partial charge on any atom is -0.464 e. The molecule has 0 aliphatic heterocycles. The summed E-state index contributed by atoms with van der Waals surface area (Å²) in [7, 11) is 2.04. The molecule has 1 heterocycles. The Balaban J connectivity index is 2.18. The molecular weight excluding hydrogens is 254 g/mol. The van der Waals surface area contributed by atoms with Crippen molar-refractivity contribution in [1.29, 1.82) is 0 Å². The van der Waals surface area contributed by atoms with Crippen LogP contribution in [0.4, 0.5) is 11.9 Å². The van der Waals surface area contributed by atoms with E-state index < -0.39 is 0 Å². The van der Waals surface area contributed by atoms with Crippen molar-refractivity contribution in [3.05, 3.63) is 0 Å². The van der Waals surface area contributed by atoms with Crippen molar-refractivity contribution in [2.45, 2.75) is 46.1 Å². The molecule has 0 radical (unpaired) electrons. The second kappa shape index (κ2) is 6.72. The van der Waals surface area contributed by atoms with Gasteiger partial charge >= 0.3 is 6.01 Å². The molecule has 1 N–H and O–H groups in total. The Labute approximate surface area is 121 Å². The molecule has 1 aliphatic carbocycles. The smallest absolute Gasteiger partial charge is 0.323 e. The van der Waals surface area contributed by atoms with Crippen LogP contribution < -0.4 is 15.0 Å². The molecule has 0 aromatic carbocycles. The van der Waals surface area contributed by atoms with Gasteiger partial charge in [-0.15, -0.1) is 0 Å². The van der Waals surface area contributed by atoms with Gasteiger partial charge in [-0.2, -0.15) is 15.0 Å². The lowest BCUT2D eigenvalue weighted by Crippen LogP contribution is -2.32. The highest BCUT2D eigenvalue weighted by molar-refractivity contribution is 5.39. The van der Waals surface area contributed by atoms with Gasteiger partial charge in [0.05, 0.1) is 6.61 Å². The Bertz CT molecular complexity index is 436. The van der Waals surface area contributed by atoms with Gasteiger partial charge in [0.15, 0.2) is 0 Å². The zero-order chi connectivity index (χ0) is 14.5. The van der Waals surface area contributed by atoms with Gasteiger partial charge in [-0.1, -0.05) is 6.92 Å². The fraction of sp³-hybridized carbons (Fsp3) is 0.786. The number of nitrogens with one attached hydrogen (secondary N) is 1. The van der Waals surface area contributed by atoms with Crippen LogP contribution in [0.1, 0.15) is 40.0 Å². The van der Waals surface area contributed by atoms with E-state index in [1.807, 2.05) is 14.0 Å². The van der Waals surface area contributed by atoms with Crippen LogP contribution in [-0.2, 0) is 0 Å². The maximum absolute atomic E-state index is 5.44. The largest absolute Gasteiger partial charge is 0.464 e. The van der Waals surface area contributed by atoms with E-state index >= 15 is 0 Å². The van der Waals surface area contributed by atoms with Crippen LogP contribution in [0.15, 0.2) is 0 Å². The van der Waals surface area contributed by atoms with E-state index in [1.54, 1.807) is 0 Å². The molecule has 1 aromatic rings. The third kappa shape index (κ3) is 3.71. The van der Waals surface area contributed by atoms with Crippen molar-refractivity contribution in [3.8, 4) is 6.01 Å². The summed E-state index contributed by atoms with van der Waals surface area (Å²) in [6.45, 7) is 7.66. The quantitative estimate of drug-likeness (QED) is 0.788. The third-order valence-corrected chi connectivity index (χ3v) is 3.64. The van der Waals surface area contributed by atoms with Crippen molar-refractivity contribution in [1.82, 2.24) is 15.0 Å². The average molecular weight is 279 g/mol. The monoisotopic (exact) mass is 279 g/mol. The fourth-order valence-corrected chi connectivity index (χ4v) is 2.09. The van der Waals surface area contributed by atoms with Crippen molar-refractivity contribution in [3.63, 3.8) is 0 Å². The Morgan fingerprint density at radius 3 is 2.65 bits per heavy atom. The van der Waals surface area contributed by atoms with E-state index in [0.717, 1.165) is 18.9 Å². The van der Waals surface area contributed by atoms with Gasteiger partial charge in [0.1, 0.15) is 0 Å². The van der Waals surface area contributed by atoms with Gasteiger partial charge in [0.2, 0.25) is 11.9 Å². The summed E-state index contributed by atoms with van der Waals surface area (Å²) >= 11 is 0. The number of hydrogen-bond acceptors (Lipinski definition) is 6. The van der Waals surface area contributed by atoms with Crippen LogP contribution in [0.3, 0.4) is 0 Å². The number of ether oxygens (including phenoxy) is 1. The molecule has 1 unspecified atom stereocenters. The van der Waals surface area contributed by atoms with Gasteiger partial charge in [0.25, 0.3) is 0 Å². The summed E-state index contributed by atoms with van der Waals surface area (Å²) in [5, 5.41) is 3.20. The Hall–Kier alpha value is -1.59. The van der Waals surface area contributed by atoms with E-state index in [9.17, 15) is 0 Å². The first kappa shape index (κ1) is 14.8. The van der Waals surface area contributed by atoms with Gasteiger partial charge in [-0.05, 0) is 39.0 Å². The zero-order valence-corrected chi connectivity index (χ0v) is 12.9. The summed E-state index contributed by atoms with van der Waals surface area (Å²) in [5.41, 5.74) is 0. The van der Waals surface area contributed by atoms with Gasteiger partial charge in [0, 0.05) is 19.6 Å². The molecule has 0 amide bonds. The molecular formula is C14H25N5O. The van der Waals surface area contributed by atoms with Crippen molar-refractivity contribution in [2.75, 3.05) is 30.4 Å². The topological polar surface area (TPSA) is 63.2 Å². The van der Waals surface area contributed by atoms with Gasteiger partial charge in [-0.25, -0.2) is 0 Å². The summed E-state index contributed by atoms with van der Waals surface area (Å²) in [6, 6.07) is 0.844. The fourth-order valence-electron chi connectivity index (χ4n) is 2.09. The molecule has 20 heavy (non-hydrogen) atoms. The maximum atomic E-state index is 5.44. The second-order valence-corrected chi connectivity index (χ2v) is 5.29. The SMILES string of the molecule is CCCNc1nc(OCC)nc(N(C)C(C)C2CC2)n1. The maximum Gasteiger partial charge on any atom is 0.323 e. The Morgan fingerprint density at radius 1 is 1.30 bits per heavy atom. The minimum absolute atomic E-state index is 0.394. The molecule has 0 spiro atoms. The van der Waals surface area contributed by atoms with Crippen LogP contribution in [-0.4, -0.2) is 41.2 Å². The van der Waals surface area contributed by atoms with Crippen LogP contribution in [0.5, 0.6) is 6.01 Å². The molecule has 1 fully saturated rings. The van der Waals surface area contributed by atoms with Gasteiger partial charge < -0.3 is 15.0 Å². The van der Waals surface area contributed by atoms with E-state index in [-0.39, 0.29) is 0 Å². The molecule has 0 bridgehead atoms. The summed E-state index contributed by atoms with van der Waals surface area (Å²) in [5.74, 6) is 2.04. The summed E-state index contributed by atoms with van der Waals surface area (Å²) < 4.78 is 5.44. The molecule has 1 aliphatic rings. The third-order valence-electron chi connectivity index (χ3n) is 3.64. The molecule has 112 valence electrons. The molecule has 0 saturated heterocycles. The van der Waals surface area contributed by atoms with Gasteiger partial charge in [-0.3, -0.25) is 0 Å². The van der Waals surface area contributed by atoms with E-state index in [0.29, 0.717) is 30.6 Å². The van der Waals surface area contributed by atoms with E-state index in [2.05, 4.69) is 39.0 Å². The normalized spacial score (nSPS) is 15.8. The predicted octanol–water partition coefficient (Wildman–Crippen LogP) is 2.33. The predicted molar refractivity (Wildman–Crippen MR) is 80.4 cm³/mol. The molecule has 1 aromatic heterocycles. The van der Waals surface area contributed by atoms with Crippen molar-refractivity contribution < 1.29 is 4.74 Å². The van der Waals surface area contributed by atoms with Crippen LogP contribution >= 0.6 is 0 Å². The highest BCUT2D eigenvalue weighted by Crippen LogP contribution is 2.35. The van der Waals surface area contributed by atoms with Crippen LogP contribution in [0.2, 0.25) is 0 Å². The molecule has 6 nitrogen and oxygen atoms in total. The number of anilines is 2. The molecule has 6 heteroatoms. The lowest BCUT2D eigenvalue weighted by Gasteiger charge is -2.25. The first-order valence-corrected chi connectivity index (χ1v) is 7.51. The summed E-state index contributed by atoms with van der Waals surface area (Å²) in [4.78, 5) is 15.3. The first-order valence-electron chi connectivity index (χ1n) is 7.51. The Morgan fingerprint density at radius 2 is 2.05 bits per heavy atom. The Kier molecular flexibility index (Phi) is 4.98. The molecule has 1 atom stereocenters. The van der Waals surface area contributed by atoms with E-state index in [4.69, 9.17) is 4.74 Å². The number of rotatable bonds is 8. The minimum atomic E-state index is 0.394. The van der Waals surface area contributed by atoms with Crippen molar-refractivity contribution >= 4 is 11.9 Å².